The molecule has 2 rings (SSSR count). The van der Waals surface area contributed by atoms with E-state index in [-0.39, 0.29) is 23.9 Å². The third-order valence-corrected chi connectivity index (χ3v) is 2.43. The van der Waals surface area contributed by atoms with Crippen molar-refractivity contribution in [3.8, 4) is 0 Å². The second kappa shape index (κ2) is 3.23. The van der Waals surface area contributed by atoms with E-state index in [2.05, 4.69) is 20.8 Å². The monoisotopic (exact) mass is 186 g/mol. The van der Waals surface area contributed by atoms with Gasteiger partial charge in [0, 0.05) is 6.61 Å². The lowest BCUT2D eigenvalue weighted by Gasteiger charge is -2.26. The van der Waals surface area contributed by atoms with Crippen LogP contribution in [0.1, 0.15) is 27.2 Å². The van der Waals surface area contributed by atoms with Gasteiger partial charge in [-0.05, 0) is 27.2 Å². The maximum absolute atomic E-state index is 5.86. The number of rotatable bonds is 1. The highest BCUT2D eigenvalue weighted by molar-refractivity contribution is 4.90. The molecule has 0 spiro atoms. The van der Waals surface area contributed by atoms with Crippen molar-refractivity contribution in [2.24, 2.45) is 0 Å². The lowest BCUT2D eigenvalue weighted by molar-refractivity contribution is -0.102. The summed E-state index contributed by atoms with van der Waals surface area (Å²) in [6, 6.07) is 0. The second-order valence-corrected chi connectivity index (χ2v) is 4.76. The fourth-order valence-corrected chi connectivity index (χ4v) is 1.99. The van der Waals surface area contributed by atoms with Crippen LogP contribution in [0.5, 0.6) is 0 Å². The fraction of sp³-hybridized carbons (Fsp3) is 1.00. The third kappa shape index (κ3) is 2.03. The quantitative estimate of drug-likeness (QED) is 0.619. The van der Waals surface area contributed by atoms with E-state index in [9.17, 15) is 0 Å². The lowest BCUT2D eigenvalue weighted by Crippen LogP contribution is -2.36. The van der Waals surface area contributed by atoms with E-state index in [0.29, 0.717) is 6.61 Å². The van der Waals surface area contributed by atoms with Crippen molar-refractivity contribution in [2.75, 3.05) is 13.2 Å². The fourth-order valence-electron chi connectivity index (χ4n) is 1.99. The van der Waals surface area contributed by atoms with Crippen LogP contribution in [0.2, 0.25) is 0 Å². The number of fused-ring (bicyclic) bond motifs is 1. The summed E-state index contributed by atoms with van der Waals surface area (Å²) in [4.78, 5) is 0. The zero-order valence-corrected chi connectivity index (χ0v) is 8.58. The molecule has 76 valence electrons. The van der Waals surface area contributed by atoms with E-state index >= 15 is 0 Å². The molecular formula is C10H18O3. The molecule has 13 heavy (non-hydrogen) atoms. The van der Waals surface area contributed by atoms with Gasteiger partial charge in [-0.3, -0.25) is 0 Å². The third-order valence-electron chi connectivity index (χ3n) is 2.43. The average Bonchev–Trinajstić information content (AvgIpc) is 2.50. The molecule has 2 aliphatic heterocycles. The zero-order valence-electron chi connectivity index (χ0n) is 8.58. The molecule has 0 aliphatic carbocycles. The zero-order chi connectivity index (χ0) is 9.47. The summed E-state index contributed by atoms with van der Waals surface area (Å²) < 4.78 is 17.0. The number of hydrogen-bond acceptors (Lipinski definition) is 3. The van der Waals surface area contributed by atoms with Crippen molar-refractivity contribution in [3.63, 3.8) is 0 Å². The maximum atomic E-state index is 5.86. The van der Waals surface area contributed by atoms with Gasteiger partial charge >= 0.3 is 0 Å². The predicted octanol–water partition coefficient (Wildman–Crippen LogP) is 1.36. The number of ether oxygens (including phenoxy) is 3. The predicted molar refractivity (Wildman–Crippen MR) is 48.7 cm³/mol. The normalized spacial score (nSPS) is 39.5. The largest absolute Gasteiger partial charge is 0.373 e. The van der Waals surface area contributed by atoms with Gasteiger partial charge in [0.1, 0.15) is 12.2 Å². The van der Waals surface area contributed by atoms with Gasteiger partial charge in [-0.25, -0.2) is 0 Å². The van der Waals surface area contributed by atoms with E-state index in [1.165, 1.54) is 0 Å². The first kappa shape index (κ1) is 9.44. The molecule has 0 radical (unpaired) electrons. The molecule has 3 nitrogen and oxygen atoms in total. The van der Waals surface area contributed by atoms with Gasteiger partial charge in [-0.15, -0.1) is 0 Å². The van der Waals surface area contributed by atoms with Crippen molar-refractivity contribution in [1.82, 2.24) is 0 Å². The van der Waals surface area contributed by atoms with E-state index in [1.807, 2.05) is 0 Å². The minimum Gasteiger partial charge on any atom is -0.373 e. The second-order valence-electron chi connectivity index (χ2n) is 4.76. The smallest absolute Gasteiger partial charge is 0.112 e. The molecule has 0 aromatic rings. The van der Waals surface area contributed by atoms with Gasteiger partial charge in [0.15, 0.2) is 0 Å². The van der Waals surface area contributed by atoms with Crippen LogP contribution in [0.25, 0.3) is 0 Å². The van der Waals surface area contributed by atoms with Gasteiger partial charge < -0.3 is 14.2 Å². The van der Waals surface area contributed by atoms with E-state index in [1.54, 1.807) is 0 Å². The number of hydrogen-bond donors (Lipinski definition) is 0. The minimum absolute atomic E-state index is 0.102. The standard InChI is InChI=1S/C10H18O3/c1-10(2,3)13-8-6-12-7-4-5-11-9(7)8/h7-9H,4-6H2,1-3H3/t7-,8+,9+/m1/s1. The summed E-state index contributed by atoms with van der Waals surface area (Å²) in [5.41, 5.74) is -0.102. The van der Waals surface area contributed by atoms with Gasteiger partial charge in [-0.1, -0.05) is 0 Å². The Labute approximate surface area is 79.4 Å². The maximum Gasteiger partial charge on any atom is 0.112 e. The van der Waals surface area contributed by atoms with Crippen LogP contribution >= 0.6 is 0 Å². The minimum atomic E-state index is -0.102. The van der Waals surface area contributed by atoms with Crippen molar-refractivity contribution < 1.29 is 14.2 Å². The highest BCUT2D eigenvalue weighted by Crippen LogP contribution is 2.30. The molecule has 3 atom stereocenters. The van der Waals surface area contributed by atoms with E-state index in [0.717, 1.165) is 13.0 Å². The topological polar surface area (TPSA) is 27.7 Å². The molecule has 2 saturated heterocycles. The average molecular weight is 186 g/mol. The molecule has 0 N–H and O–H groups in total. The van der Waals surface area contributed by atoms with Gasteiger partial charge in [0.2, 0.25) is 0 Å². The van der Waals surface area contributed by atoms with Gasteiger partial charge in [0.05, 0.1) is 18.3 Å². The van der Waals surface area contributed by atoms with E-state index < -0.39 is 0 Å². The van der Waals surface area contributed by atoms with Gasteiger partial charge in [-0.2, -0.15) is 0 Å². The lowest BCUT2D eigenvalue weighted by atomic mass is 10.1. The van der Waals surface area contributed by atoms with Crippen molar-refractivity contribution >= 4 is 0 Å². The molecule has 2 aliphatic rings. The Kier molecular flexibility index (Phi) is 2.34. The van der Waals surface area contributed by atoms with Crippen LogP contribution in [-0.4, -0.2) is 37.1 Å². The molecule has 0 bridgehead atoms. The molecule has 2 heterocycles. The SMILES string of the molecule is CC(C)(C)O[C@H]1CO[C@@H]2CCO[C@H]12. The molecule has 0 unspecified atom stereocenters. The molecule has 0 saturated carbocycles. The summed E-state index contributed by atoms with van der Waals surface area (Å²) in [6.45, 7) is 7.70. The Balaban J connectivity index is 1.94. The van der Waals surface area contributed by atoms with Crippen LogP contribution in [0.4, 0.5) is 0 Å². The van der Waals surface area contributed by atoms with Crippen LogP contribution in [0.3, 0.4) is 0 Å². The van der Waals surface area contributed by atoms with Crippen LogP contribution in [0.15, 0.2) is 0 Å². The highest BCUT2D eigenvalue weighted by atomic mass is 16.6. The van der Waals surface area contributed by atoms with Crippen LogP contribution < -0.4 is 0 Å². The molecule has 0 aromatic carbocycles. The summed E-state index contributed by atoms with van der Waals surface area (Å²) in [5, 5.41) is 0. The molecule has 3 heteroatoms. The Bertz CT molecular complexity index is 185. The molecule has 2 fully saturated rings. The molecule has 0 amide bonds. The Morgan fingerprint density at radius 1 is 1.23 bits per heavy atom. The first-order valence-electron chi connectivity index (χ1n) is 4.97. The van der Waals surface area contributed by atoms with Crippen molar-refractivity contribution in [3.05, 3.63) is 0 Å². The Morgan fingerprint density at radius 2 is 2.00 bits per heavy atom. The summed E-state index contributed by atoms with van der Waals surface area (Å²) >= 11 is 0. The van der Waals surface area contributed by atoms with Gasteiger partial charge in [0.25, 0.3) is 0 Å². The van der Waals surface area contributed by atoms with Crippen LogP contribution in [-0.2, 0) is 14.2 Å². The summed E-state index contributed by atoms with van der Waals surface area (Å²) in [5.74, 6) is 0. The molecular weight excluding hydrogens is 168 g/mol. The first-order valence-corrected chi connectivity index (χ1v) is 4.97. The van der Waals surface area contributed by atoms with E-state index in [4.69, 9.17) is 14.2 Å². The Hall–Kier alpha value is -0.120. The Morgan fingerprint density at radius 3 is 2.69 bits per heavy atom. The van der Waals surface area contributed by atoms with Crippen LogP contribution in [0, 0.1) is 0 Å². The van der Waals surface area contributed by atoms with Crippen molar-refractivity contribution in [2.45, 2.75) is 51.1 Å². The molecule has 0 aromatic heterocycles. The first-order chi connectivity index (χ1) is 6.06. The van der Waals surface area contributed by atoms with Crippen molar-refractivity contribution in [1.29, 1.82) is 0 Å². The summed E-state index contributed by atoms with van der Waals surface area (Å²) in [6.07, 6.45) is 1.62. The highest BCUT2D eigenvalue weighted by Gasteiger charge is 2.43. The summed E-state index contributed by atoms with van der Waals surface area (Å²) in [7, 11) is 0.